The number of aromatic amines is 1. The number of carbonyl (C=O) groups is 1. The lowest BCUT2D eigenvalue weighted by Crippen LogP contribution is -2.40. The van der Waals surface area contributed by atoms with Crippen LogP contribution in [0.5, 0.6) is 0 Å². The molecule has 1 N–H and O–H groups in total. The van der Waals surface area contributed by atoms with Crippen molar-refractivity contribution in [2.24, 2.45) is 0 Å². The van der Waals surface area contributed by atoms with Gasteiger partial charge in [-0.15, -0.1) is 0 Å². The van der Waals surface area contributed by atoms with Gasteiger partial charge in [0.1, 0.15) is 5.82 Å². The zero-order valence-corrected chi connectivity index (χ0v) is 15.0. The molecule has 26 heavy (non-hydrogen) atoms. The molecule has 4 heteroatoms. The van der Waals surface area contributed by atoms with E-state index in [0.717, 1.165) is 48.1 Å². The maximum Gasteiger partial charge on any atom is 0.227 e. The minimum atomic E-state index is -0.221. The van der Waals surface area contributed by atoms with Crippen LogP contribution in [0.3, 0.4) is 0 Å². The van der Waals surface area contributed by atoms with Gasteiger partial charge in [0.15, 0.2) is 0 Å². The zero-order chi connectivity index (χ0) is 18.1. The molecule has 1 aromatic heterocycles. The number of piperidine rings is 1. The van der Waals surface area contributed by atoms with Gasteiger partial charge in [-0.05, 0) is 49.6 Å². The molecule has 3 nitrogen and oxygen atoms in total. The molecule has 134 valence electrons. The van der Waals surface area contributed by atoms with Crippen LogP contribution < -0.4 is 0 Å². The van der Waals surface area contributed by atoms with Crippen molar-refractivity contribution < 1.29 is 9.18 Å². The van der Waals surface area contributed by atoms with Gasteiger partial charge in [0.2, 0.25) is 5.91 Å². The Balaban J connectivity index is 1.48. The summed E-state index contributed by atoms with van der Waals surface area (Å²) in [6.07, 6.45) is 2.49. The van der Waals surface area contributed by atoms with Gasteiger partial charge in [0.05, 0.1) is 6.42 Å². The minimum Gasteiger partial charge on any atom is -0.358 e. The Hall–Kier alpha value is -2.62. The average molecular weight is 350 g/mol. The van der Waals surface area contributed by atoms with Gasteiger partial charge >= 0.3 is 0 Å². The molecule has 2 aromatic carbocycles. The van der Waals surface area contributed by atoms with E-state index in [4.69, 9.17) is 0 Å². The SMILES string of the molecule is Cc1cccc(CC(=O)N2CCCC(c3cc4cc(F)ccc4[nH]3)C2)c1. The quantitative estimate of drug-likeness (QED) is 0.738. The van der Waals surface area contributed by atoms with Crippen LogP contribution in [0.4, 0.5) is 4.39 Å². The van der Waals surface area contributed by atoms with E-state index in [9.17, 15) is 9.18 Å². The van der Waals surface area contributed by atoms with Gasteiger partial charge < -0.3 is 9.88 Å². The fourth-order valence-electron chi connectivity index (χ4n) is 3.91. The Kier molecular flexibility index (Phi) is 4.49. The van der Waals surface area contributed by atoms with Crippen molar-refractivity contribution in [1.29, 1.82) is 0 Å². The summed E-state index contributed by atoms with van der Waals surface area (Å²) in [4.78, 5) is 18.1. The van der Waals surface area contributed by atoms with Crippen LogP contribution in [0.15, 0.2) is 48.5 Å². The normalized spacial score (nSPS) is 17.6. The highest BCUT2D eigenvalue weighted by Crippen LogP contribution is 2.29. The number of hydrogen-bond donors (Lipinski definition) is 1. The summed E-state index contributed by atoms with van der Waals surface area (Å²) < 4.78 is 13.4. The number of hydrogen-bond acceptors (Lipinski definition) is 1. The average Bonchev–Trinajstić information content (AvgIpc) is 3.05. The Morgan fingerprint density at radius 2 is 2.12 bits per heavy atom. The van der Waals surface area contributed by atoms with Crippen molar-refractivity contribution in [3.8, 4) is 0 Å². The van der Waals surface area contributed by atoms with Crippen LogP contribution in [-0.4, -0.2) is 28.9 Å². The molecule has 1 aliphatic heterocycles. The predicted molar refractivity (Wildman–Crippen MR) is 102 cm³/mol. The summed E-state index contributed by atoms with van der Waals surface area (Å²) in [5, 5.41) is 0.892. The number of aryl methyl sites for hydroxylation is 1. The number of nitrogens with one attached hydrogen (secondary N) is 1. The van der Waals surface area contributed by atoms with Gasteiger partial charge in [0, 0.05) is 35.6 Å². The topological polar surface area (TPSA) is 36.1 Å². The molecule has 0 radical (unpaired) electrons. The standard InChI is InChI=1S/C22H23FN2O/c1-15-4-2-5-16(10-15)11-22(26)25-9-3-6-17(14-25)21-13-18-12-19(23)7-8-20(18)24-21/h2,4-5,7-8,10,12-13,17,24H,3,6,9,11,14H2,1H3. The van der Waals surface area contributed by atoms with E-state index in [1.54, 1.807) is 12.1 Å². The van der Waals surface area contributed by atoms with Gasteiger partial charge in [-0.25, -0.2) is 4.39 Å². The maximum atomic E-state index is 13.4. The number of likely N-dealkylation sites (tertiary alicyclic amines) is 1. The molecule has 1 saturated heterocycles. The molecule has 1 fully saturated rings. The molecule has 0 aliphatic carbocycles. The minimum absolute atomic E-state index is 0.183. The first kappa shape index (κ1) is 16.8. The van der Waals surface area contributed by atoms with E-state index in [0.29, 0.717) is 6.42 Å². The number of amides is 1. The summed E-state index contributed by atoms with van der Waals surface area (Å²) in [6.45, 7) is 3.58. The van der Waals surface area contributed by atoms with Gasteiger partial charge in [-0.1, -0.05) is 29.8 Å². The monoisotopic (exact) mass is 350 g/mol. The number of fused-ring (bicyclic) bond motifs is 1. The summed E-state index contributed by atoms with van der Waals surface area (Å²) in [7, 11) is 0. The fourth-order valence-corrected chi connectivity index (χ4v) is 3.91. The Morgan fingerprint density at radius 3 is 2.96 bits per heavy atom. The van der Waals surface area contributed by atoms with Crippen molar-refractivity contribution in [2.75, 3.05) is 13.1 Å². The zero-order valence-electron chi connectivity index (χ0n) is 15.0. The first-order valence-corrected chi connectivity index (χ1v) is 9.20. The summed E-state index contributed by atoms with van der Waals surface area (Å²) in [5.41, 5.74) is 4.29. The molecule has 3 aromatic rings. The molecule has 0 spiro atoms. The second kappa shape index (κ2) is 6.94. The lowest BCUT2D eigenvalue weighted by atomic mass is 9.94. The third-order valence-electron chi connectivity index (χ3n) is 5.26. The molecular formula is C22H23FN2O. The Labute approximate surface area is 152 Å². The van der Waals surface area contributed by atoms with E-state index in [1.165, 1.54) is 11.6 Å². The van der Waals surface area contributed by atoms with Gasteiger partial charge in [-0.3, -0.25) is 4.79 Å². The lowest BCUT2D eigenvalue weighted by molar-refractivity contribution is -0.131. The molecule has 1 atom stereocenters. The molecule has 0 bridgehead atoms. The van der Waals surface area contributed by atoms with Gasteiger partial charge in [0.25, 0.3) is 0 Å². The number of benzene rings is 2. The van der Waals surface area contributed by atoms with Crippen molar-refractivity contribution >= 4 is 16.8 Å². The Bertz CT molecular complexity index is 946. The third-order valence-corrected chi connectivity index (χ3v) is 5.26. The highest BCUT2D eigenvalue weighted by atomic mass is 19.1. The van der Waals surface area contributed by atoms with Crippen LogP contribution >= 0.6 is 0 Å². The molecule has 0 saturated carbocycles. The van der Waals surface area contributed by atoms with Crippen LogP contribution in [0.1, 0.15) is 35.6 Å². The van der Waals surface area contributed by atoms with Crippen LogP contribution in [0, 0.1) is 12.7 Å². The highest BCUT2D eigenvalue weighted by molar-refractivity contribution is 5.81. The number of H-pyrrole nitrogens is 1. The number of nitrogens with zero attached hydrogens (tertiary/aromatic N) is 1. The van der Waals surface area contributed by atoms with Crippen molar-refractivity contribution in [3.63, 3.8) is 0 Å². The second-order valence-electron chi connectivity index (χ2n) is 7.30. The highest BCUT2D eigenvalue weighted by Gasteiger charge is 2.25. The number of aromatic nitrogens is 1. The third kappa shape index (κ3) is 3.50. The van der Waals surface area contributed by atoms with Crippen molar-refractivity contribution in [3.05, 3.63) is 71.2 Å². The van der Waals surface area contributed by atoms with E-state index in [1.807, 2.05) is 36.1 Å². The molecule has 4 rings (SSSR count). The first-order chi connectivity index (χ1) is 12.6. The fraction of sp³-hybridized carbons (Fsp3) is 0.318. The smallest absolute Gasteiger partial charge is 0.227 e. The van der Waals surface area contributed by atoms with E-state index in [2.05, 4.69) is 11.1 Å². The lowest BCUT2D eigenvalue weighted by Gasteiger charge is -2.32. The van der Waals surface area contributed by atoms with E-state index >= 15 is 0 Å². The molecule has 2 heterocycles. The maximum absolute atomic E-state index is 13.4. The van der Waals surface area contributed by atoms with E-state index in [-0.39, 0.29) is 17.6 Å². The first-order valence-electron chi connectivity index (χ1n) is 9.20. The Morgan fingerprint density at radius 1 is 1.23 bits per heavy atom. The van der Waals surface area contributed by atoms with E-state index < -0.39 is 0 Å². The number of carbonyl (C=O) groups excluding carboxylic acids is 1. The van der Waals surface area contributed by atoms with Crippen LogP contribution in [0.25, 0.3) is 10.9 Å². The van der Waals surface area contributed by atoms with Crippen molar-refractivity contribution in [2.45, 2.75) is 32.1 Å². The largest absolute Gasteiger partial charge is 0.358 e. The van der Waals surface area contributed by atoms with Crippen LogP contribution in [0.2, 0.25) is 0 Å². The molecule has 1 amide bonds. The number of rotatable bonds is 3. The predicted octanol–water partition coefficient (Wildman–Crippen LogP) is 4.56. The molecule has 1 aliphatic rings. The summed E-state index contributed by atoms with van der Waals surface area (Å²) in [6, 6.07) is 15.0. The van der Waals surface area contributed by atoms with Crippen molar-refractivity contribution in [1.82, 2.24) is 9.88 Å². The molecule has 1 unspecified atom stereocenters. The second-order valence-corrected chi connectivity index (χ2v) is 7.30. The molecular weight excluding hydrogens is 327 g/mol. The van der Waals surface area contributed by atoms with Gasteiger partial charge in [-0.2, -0.15) is 0 Å². The summed E-state index contributed by atoms with van der Waals surface area (Å²) in [5.74, 6) is 0.241. The summed E-state index contributed by atoms with van der Waals surface area (Å²) >= 11 is 0. The number of halogens is 1. The van der Waals surface area contributed by atoms with Crippen LogP contribution in [-0.2, 0) is 11.2 Å².